The lowest BCUT2D eigenvalue weighted by molar-refractivity contribution is 0.248. The molecule has 1 aromatic rings. The Balaban J connectivity index is 1.92. The van der Waals surface area contributed by atoms with Gasteiger partial charge in [0.25, 0.3) is 0 Å². The van der Waals surface area contributed by atoms with Gasteiger partial charge in [0.2, 0.25) is 0 Å². The van der Waals surface area contributed by atoms with Gasteiger partial charge in [-0.15, -0.1) is 0 Å². The van der Waals surface area contributed by atoms with Crippen molar-refractivity contribution < 1.29 is 8.78 Å². The summed E-state index contributed by atoms with van der Waals surface area (Å²) in [7, 11) is 0. The van der Waals surface area contributed by atoms with E-state index in [1.54, 1.807) is 13.0 Å². The van der Waals surface area contributed by atoms with Gasteiger partial charge in [-0.05, 0) is 62.1 Å². The summed E-state index contributed by atoms with van der Waals surface area (Å²) in [5, 5.41) is 3.45. The van der Waals surface area contributed by atoms with Crippen molar-refractivity contribution in [2.75, 3.05) is 6.54 Å². The molecule has 0 radical (unpaired) electrons. The van der Waals surface area contributed by atoms with Crippen molar-refractivity contribution in [3.63, 3.8) is 0 Å². The quantitative estimate of drug-likeness (QED) is 0.863. The molecule has 2 saturated carbocycles. The summed E-state index contributed by atoms with van der Waals surface area (Å²) in [5.41, 5.74) is 1.19. The molecule has 0 heterocycles. The lowest BCUT2D eigenvalue weighted by atomic mass is 9.80. The molecule has 1 aromatic carbocycles. The SMILES string of the molecule is CCNC(c1cc(C)c(F)cc1F)C1CC2CCC1C2. The minimum absolute atomic E-state index is 0.0367. The normalized spacial score (nSPS) is 29.9. The maximum absolute atomic E-state index is 14.2. The van der Waals surface area contributed by atoms with Crippen molar-refractivity contribution in [1.29, 1.82) is 0 Å². The van der Waals surface area contributed by atoms with E-state index in [0.717, 1.165) is 18.5 Å². The zero-order chi connectivity index (χ0) is 14.3. The van der Waals surface area contributed by atoms with Crippen molar-refractivity contribution in [2.24, 2.45) is 17.8 Å². The fraction of sp³-hybridized carbons (Fsp3) is 0.647. The number of nitrogens with one attached hydrogen (secondary N) is 1. The van der Waals surface area contributed by atoms with E-state index in [0.29, 0.717) is 23.0 Å². The third kappa shape index (κ3) is 2.37. The monoisotopic (exact) mass is 279 g/mol. The Labute approximate surface area is 119 Å². The van der Waals surface area contributed by atoms with Crippen LogP contribution >= 0.6 is 0 Å². The Morgan fingerprint density at radius 3 is 2.60 bits per heavy atom. The van der Waals surface area contributed by atoms with Crippen LogP contribution in [0.15, 0.2) is 12.1 Å². The van der Waals surface area contributed by atoms with Gasteiger partial charge in [-0.25, -0.2) is 8.78 Å². The first-order chi connectivity index (χ1) is 9.60. The maximum atomic E-state index is 14.2. The van der Waals surface area contributed by atoms with Gasteiger partial charge in [0.15, 0.2) is 0 Å². The largest absolute Gasteiger partial charge is 0.310 e. The van der Waals surface area contributed by atoms with Crippen molar-refractivity contribution in [1.82, 2.24) is 5.32 Å². The molecule has 0 aliphatic heterocycles. The van der Waals surface area contributed by atoms with Gasteiger partial charge < -0.3 is 5.32 Å². The fourth-order valence-corrected chi connectivity index (χ4v) is 4.33. The molecule has 2 aliphatic carbocycles. The summed E-state index contributed by atoms with van der Waals surface area (Å²) in [5.74, 6) is 1.20. The van der Waals surface area contributed by atoms with Crippen LogP contribution in [0.3, 0.4) is 0 Å². The second kappa shape index (κ2) is 5.44. The van der Waals surface area contributed by atoms with Crippen molar-refractivity contribution in [2.45, 2.75) is 45.6 Å². The minimum Gasteiger partial charge on any atom is -0.310 e. The summed E-state index contributed by atoms with van der Waals surface area (Å²) in [4.78, 5) is 0. The van der Waals surface area contributed by atoms with E-state index in [4.69, 9.17) is 0 Å². The molecule has 4 unspecified atom stereocenters. The predicted octanol–water partition coefficient (Wildman–Crippen LogP) is 4.36. The van der Waals surface area contributed by atoms with Gasteiger partial charge in [-0.3, -0.25) is 0 Å². The van der Waals surface area contributed by atoms with E-state index in [2.05, 4.69) is 12.2 Å². The standard InChI is InChI=1S/C17H23F2N/c1-3-20-17(13-8-11-4-5-12(13)7-11)14-6-10(2)15(18)9-16(14)19/h6,9,11-13,17,20H,3-5,7-8H2,1-2H3. The van der Waals surface area contributed by atoms with Gasteiger partial charge in [-0.2, -0.15) is 0 Å². The number of hydrogen-bond donors (Lipinski definition) is 1. The Kier molecular flexibility index (Phi) is 3.80. The summed E-state index contributed by atoms with van der Waals surface area (Å²) in [6.07, 6.45) is 5.11. The van der Waals surface area contributed by atoms with E-state index in [1.807, 2.05) is 0 Å². The van der Waals surface area contributed by atoms with Gasteiger partial charge in [0.05, 0.1) is 0 Å². The predicted molar refractivity (Wildman–Crippen MR) is 76.5 cm³/mol. The van der Waals surface area contributed by atoms with Crippen LogP contribution in [0.4, 0.5) is 8.78 Å². The van der Waals surface area contributed by atoms with Gasteiger partial charge >= 0.3 is 0 Å². The highest BCUT2D eigenvalue weighted by atomic mass is 19.1. The van der Waals surface area contributed by atoms with Crippen molar-refractivity contribution in [3.05, 3.63) is 34.9 Å². The molecule has 0 saturated heterocycles. The molecule has 1 nitrogen and oxygen atoms in total. The second-order valence-corrected chi connectivity index (χ2v) is 6.50. The number of benzene rings is 1. The van der Waals surface area contributed by atoms with E-state index < -0.39 is 11.6 Å². The van der Waals surface area contributed by atoms with Crippen molar-refractivity contribution >= 4 is 0 Å². The zero-order valence-corrected chi connectivity index (χ0v) is 12.3. The molecule has 110 valence electrons. The summed E-state index contributed by atoms with van der Waals surface area (Å²) < 4.78 is 27.7. The Hall–Kier alpha value is -0.960. The van der Waals surface area contributed by atoms with Crippen molar-refractivity contribution in [3.8, 4) is 0 Å². The fourth-order valence-electron chi connectivity index (χ4n) is 4.33. The minimum atomic E-state index is -0.450. The molecule has 0 aromatic heterocycles. The van der Waals surface area contributed by atoms with E-state index in [9.17, 15) is 8.78 Å². The topological polar surface area (TPSA) is 12.0 Å². The van der Waals surface area contributed by atoms with Crippen LogP contribution in [0.1, 0.15) is 49.8 Å². The Morgan fingerprint density at radius 2 is 2.00 bits per heavy atom. The molecule has 3 heteroatoms. The molecular formula is C17H23F2N. The van der Waals surface area contributed by atoms with E-state index >= 15 is 0 Å². The average molecular weight is 279 g/mol. The third-order valence-corrected chi connectivity index (χ3v) is 5.26. The smallest absolute Gasteiger partial charge is 0.130 e. The molecular weight excluding hydrogens is 256 g/mol. The Morgan fingerprint density at radius 1 is 1.20 bits per heavy atom. The zero-order valence-electron chi connectivity index (χ0n) is 12.3. The van der Waals surface area contributed by atoms with E-state index in [1.165, 1.54) is 25.7 Å². The molecule has 2 aliphatic rings. The number of fused-ring (bicyclic) bond motifs is 2. The molecule has 1 N–H and O–H groups in total. The summed E-state index contributed by atoms with van der Waals surface area (Å²) in [6.45, 7) is 4.57. The molecule has 20 heavy (non-hydrogen) atoms. The summed E-state index contributed by atoms with van der Waals surface area (Å²) in [6, 6.07) is 2.78. The lowest BCUT2D eigenvalue weighted by Crippen LogP contribution is -2.32. The Bertz CT molecular complexity index is 500. The number of halogens is 2. The van der Waals surface area contributed by atoms with Crippen LogP contribution < -0.4 is 5.32 Å². The highest BCUT2D eigenvalue weighted by Gasteiger charge is 2.43. The van der Waals surface area contributed by atoms with Crippen LogP contribution in [0.2, 0.25) is 0 Å². The third-order valence-electron chi connectivity index (χ3n) is 5.26. The molecule has 0 spiro atoms. The number of aryl methyl sites for hydroxylation is 1. The van der Waals surface area contributed by atoms with Gasteiger partial charge in [0.1, 0.15) is 11.6 Å². The van der Waals surface area contributed by atoms with Crippen LogP contribution in [0.5, 0.6) is 0 Å². The van der Waals surface area contributed by atoms with Crippen LogP contribution in [-0.2, 0) is 0 Å². The van der Waals surface area contributed by atoms with Crippen LogP contribution in [0.25, 0.3) is 0 Å². The number of rotatable bonds is 4. The average Bonchev–Trinajstić information content (AvgIpc) is 3.03. The molecule has 2 bridgehead atoms. The molecule has 4 atom stereocenters. The first-order valence-corrected chi connectivity index (χ1v) is 7.79. The van der Waals surface area contributed by atoms with Gasteiger partial charge in [0, 0.05) is 17.7 Å². The summed E-state index contributed by atoms with van der Waals surface area (Å²) >= 11 is 0. The maximum Gasteiger partial charge on any atom is 0.130 e. The van der Waals surface area contributed by atoms with Crippen LogP contribution in [0, 0.1) is 36.3 Å². The molecule has 3 rings (SSSR count). The molecule has 0 amide bonds. The first-order valence-electron chi connectivity index (χ1n) is 7.79. The highest BCUT2D eigenvalue weighted by molar-refractivity contribution is 5.29. The highest BCUT2D eigenvalue weighted by Crippen LogP contribution is 2.52. The second-order valence-electron chi connectivity index (χ2n) is 6.50. The van der Waals surface area contributed by atoms with Crippen LogP contribution in [-0.4, -0.2) is 6.54 Å². The molecule has 2 fully saturated rings. The lowest BCUT2D eigenvalue weighted by Gasteiger charge is -2.32. The number of hydrogen-bond acceptors (Lipinski definition) is 1. The van der Waals surface area contributed by atoms with Gasteiger partial charge in [-0.1, -0.05) is 13.3 Å². The first kappa shape index (κ1) is 14.0. The van der Waals surface area contributed by atoms with E-state index in [-0.39, 0.29) is 6.04 Å².